The Hall–Kier alpha value is -1.55. The first-order valence-corrected chi connectivity index (χ1v) is 6.03. The molecule has 1 aromatic carbocycles. The summed E-state index contributed by atoms with van der Waals surface area (Å²) in [7, 11) is 0. The Morgan fingerprint density at radius 3 is 2.59 bits per heavy atom. The van der Waals surface area contributed by atoms with Gasteiger partial charge in [-0.2, -0.15) is 0 Å². The van der Waals surface area contributed by atoms with Crippen LogP contribution in [0.25, 0.3) is 0 Å². The molecule has 4 N–H and O–H groups in total. The zero-order chi connectivity index (χ0) is 12.5. The highest BCUT2D eigenvalue weighted by Gasteiger charge is 2.05. The maximum Gasteiger partial charge on any atom is 0.312 e. The van der Waals surface area contributed by atoms with Crippen LogP contribution in [0.3, 0.4) is 0 Å². The van der Waals surface area contributed by atoms with Crippen LogP contribution in [0, 0.1) is 0 Å². The quantitative estimate of drug-likeness (QED) is 0.623. The lowest BCUT2D eigenvalue weighted by molar-refractivity contribution is 0.248. The van der Waals surface area contributed by atoms with Gasteiger partial charge in [0, 0.05) is 19.1 Å². The van der Waals surface area contributed by atoms with E-state index in [-0.39, 0.29) is 0 Å². The fraction of sp³-hybridized carbons (Fsp3) is 0.462. The predicted molar refractivity (Wildman–Crippen MR) is 69.8 cm³/mol. The molecule has 0 heterocycles. The van der Waals surface area contributed by atoms with E-state index in [0.29, 0.717) is 12.6 Å². The number of benzene rings is 1. The van der Waals surface area contributed by atoms with Crippen LogP contribution in [-0.4, -0.2) is 25.2 Å². The van der Waals surface area contributed by atoms with Crippen molar-refractivity contribution in [2.45, 2.75) is 25.8 Å². The summed E-state index contributed by atoms with van der Waals surface area (Å²) in [6.45, 7) is 3.47. The molecule has 0 radical (unpaired) electrons. The molecule has 4 nitrogen and oxygen atoms in total. The Bertz CT molecular complexity index is 327. The summed E-state index contributed by atoms with van der Waals surface area (Å²) < 4.78 is 0. The lowest BCUT2D eigenvalue weighted by Crippen LogP contribution is -2.39. The summed E-state index contributed by atoms with van der Waals surface area (Å²) in [6.07, 6.45) is 2.07. The molecule has 0 bridgehead atoms. The average molecular weight is 235 g/mol. The maximum absolute atomic E-state index is 10.5. The second-order valence-corrected chi connectivity index (χ2v) is 4.04. The minimum absolute atomic E-state index is 0.437. The summed E-state index contributed by atoms with van der Waals surface area (Å²) in [5, 5.41) is 5.97. The number of nitrogens with two attached hydrogens (primary N) is 1. The van der Waals surface area contributed by atoms with Gasteiger partial charge in [0.05, 0.1) is 0 Å². The number of carbonyl (C=O) groups excluding carboxylic acids is 1. The Morgan fingerprint density at radius 2 is 2.00 bits per heavy atom. The minimum Gasteiger partial charge on any atom is -0.352 e. The maximum atomic E-state index is 10.5. The Morgan fingerprint density at radius 1 is 1.29 bits per heavy atom. The summed E-state index contributed by atoms with van der Waals surface area (Å²) >= 11 is 0. The molecule has 0 aliphatic carbocycles. The Balaban J connectivity index is 2.27. The van der Waals surface area contributed by atoms with Crippen LogP contribution in [-0.2, 0) is 6.42 Å². The first-order valence-electron chi connectivity index (χ1n) is 6.03. The van der Waals surface area contributed by atoms with Gasteiger partial charge in [-0.1, -0.05) is 37.3 Å². The molecule has 1 aromatic rings. The van der Waals surface area contributed by atoms with Crippen molar-refractivity contribution < 1.29 is 4.79 Å². The van der Waals surface area contributed by atoms with Gasteiger partial charge in [-0.15, -0.1) is 0 Å². The van der Waals surface area contributed by atoms with Crippen molar-refractivity contribution in [3.63, 3.8) is 0 Å². The molecule has 0 saturated heterocycles. The smallest absolute Gasteiger partial charge is 0.312 e. The van der Waals surface area contributed by atoms with Gasteiger partial charge in [0.25, 0.3) is 0 Å². The zero-order valence-electron chi connectivity index (χ0n) is 10.3. The van der Waals surface area contributed by atoms with Crippen molar-refractivity contribution in [1.82, 2.24) is 10.6 Å². The summed E-state index contributed by atoms with van der Waals surface area (Å²) in [6, 6.07) is 10.4. The van der Waals surface area contributed by atoms with Crippen molar-refractivity contribution in [3.05, 3.63) is 35.9 Å². The number of hydrogen-bond donors (Lipinski definition) is 3. The molecule has 17 heavy (non-hydrogen) atoms. The minimum atomic E-state index is -0.470. The van der Waals surface area contributed by atoms with Gasteiger partial charge >= 0.3 is 6.03 Å². The van der Waals surface area contributed by atoms with Gasteiger partial charge < -0.3 is 16.4 Å². The van der Waals surface area contributed by atoms with E-state index < -0.39 is 6.03 Å². The molecule has 0 saturated carbocycles. The highest BCUT2D eigenvalue weighted by Crippen LogP contribution is 2.05. The van der Waals surface area contributed by atoms with E-state index in [1.807, 2.05) is 6.07 Å². The number of rotatable bonds is 7. The molecule has 2 amide bonds. The molecule has 0 aromatic heterocycles. The van der Waals surface area contributed by atoms with Gasteiger partial charge in [0.2, 0.25) is 0 Å². The molecule has 1 unspecified atom stereocenters. The first kappa shape index (κ1) is 13.5. The summed E-state index contributed by atoms with van der Waals surface area (Å²) in [5.74, 6) is 0. The van der Waals surface area contributed by atoms with Crippen molar-refractivity contribution in [2.24, 2.45) is 5.73 Å². The van der Waals surface area contributed by atoms with Gasteiger partial charge in [0.15, 0.2) is 0 Å². The van der Waals surface area contributed by atoms with Crippen LogP contribution in [0.1, 0.15) is 18.9 Å². The Labute approximate surface area is 103 Å². The van der Waals surface area contributed by atoms with Crippen molar-refractivity contribution >= 4 is 6.03 Å². The molecular weight excluding hydrogens is 214 g/mol. The average Bonchev–Trinajstić information content (AvgIpc) is 2.34. The van der Waals surface area contributed by atoms with E-state index in [2.05, 4.69) is 41.8 Å². The topological polar surface area (TPSA) is 67.2 Å². The molecule has 0 aliphatic rings. The van der Waals surface area contributed by atoms with Crippen LogP contribution in [0.15, 0.2) is 30.3 Å². The van der Waals surface area contributed by atoms with E-state index in [4.69, 9.17) is 5.73 Å². The van der Waals surface area contributed by atoms with Gasteiger partial charge in [-0.25, -0.2) is 4.79 Å². The van der Waals surface area contributed by atoms with E-state index in [1.54, 1.807) is 0 Å². The van der Waals surface area contributed by atoms with E-state index in [9.17, 15) is 4.79 Å². The van der Waals surface area contributed by atoms with Crippen LogP contribution in [0.5, 0.6) is 0 Å². The monoisotopic (exact) mass is 235 g/mol. The van der Waals surface area contributed by atoms with Gasteiger partial charge in [-0.05, 0) is 18.4 Å². The number of urea groups is 1. The van der Waals surface area contributed by atoms with E-state index in [0.717, 1.165) is 19.4 Å². The standard InChI is InChI=1S/C13H21N3O/c1-2-12(15-8-9-16-13(14)17)10-11-6-4-3-5-7-11/h3-7,12,15H,2,8-10H2,1H3,(H3,14,16,17). The second-order valence-electron chi connectivity index (χ2n) is 4.04. The number of carbonyl (C=O) groups is 1. The molecule has 4 heteroatoms. The lowest BCUT2D eigenvalue weighted by atomic mass is 10.0. The van der Waals surface area contributed by atoms with E-state index >= 15 is 0 Å². The number of hydrogen-bond acceptors (Lipinski definition) is 2. The van der Waals surface area contributed by atoms with Crippen molar-refractivity contribution in [3.8, 4) is 0 Å². The van der Waals surface area contributed by atoms with Crippen LogP contribution >= 0.6 is 0 Å². The third-order valence-electron chi connectivity index (χ3n) is 2.67. The summed E-state index contributed by atoms with van der Waals surface area (Å²) in [5.41, 5.74) is 6.32. The van der Waals surface area contributed by atoms with Crippen LogP contribution < -0.4 is 16.4 Å². The largest absolute Gasteiger partial charge is 0.352 e. The highest BCUT2D eigenvalue weighted by molar-refractivity contribution is 5.71. The van der Waals surface area contributed by atoms with Crippen molar-refractivity contribution in [2.75, 3.05) is 13.1 Å². The molecule has 1 rings (SSSR count). The third-order valence-corrected chi connectivity index (χ3v) is 2.67. The molecule has 1 atom stereocenters. The number of amides is 2. The normalized spacial score (nSPS) is 12.1. The fourth-order valence-electron chi connectivity index (χ4n) is 1.72. The lowest BCUT2D eigenvalue weighted by Gasteiger charge is -2.17. The van der Waals surface area contributed by atoms with Crippen molar-refractivity contribution in [1.29, 1.82) is 0 Å². The zero-order valence-corrected chi connectivity index (χ0v) is 10.3. The molecule has 0 spiro atoms. The second kappa shape index (κ2) is 7.68. The highest BCUT2D eigenvalue weighted by atomic mass is 16.2. The summed E-state index contributed by atoms with van der Waals surface area (Å²) in [4.78, 5) is 10.5. The third kappa shape index (κ3) is 5.92. The molecular formula is C13H21N3O. The van der Waals surface area contributed by atoms with Crippen LogP contribution in [0.4, 0.5) is 4.79 Å². The van der Waals surface area contributed by atoms with Gasteiger partial charge in [0.1, 0.15) is 0 Å². The van der Waals surface area contributed by atoms with E-state index in [1.165, 1.54) is 5.56 Å². The van der Waals surface area contributed by atoms with Gasteiger partial charge in [-0.3, -0.25) is 0 Å². The SMILES string of the molecule is CCC(Cc1ccccc1)NCCNC(N)=O. The van der Waals surface area contributed by atoms with Crippen LogP contribution in [0.2, 0.25) is 0 Å². The Kier molecular flexibility index (Phi) is 6.10. The molecule has 0 aliphatic heterocycles. The number of nitrogens with one attached hydrogen (secondary N) is 2. The first-order chi connectivity index (χ1) is 8.22. The molecule has 0 fully saturated rings. The molecule has 94 valence electrons. The predicted octanol–water partition coefficient (Wildman–Crippen LogP) is 1.27. The fourth-order valence-corrected chi connectivity index (χ4v) is 1.72. The number of primary amides is 1.